The Labute approximate surface area is 126 Å². The third kappa shape index (κ3) is 3.27. The second-order valence-electron chi connectivity index (χ2n) is 6.03. The zero-order chi connectivity index (χ0) is 14.7. The third-order valence-corrected chi connectivity index (χ3v) is 3.74. The molecular formula is C17H23N3O. The van der Waals surface area contributed by atoms with Gasteiger partial charge in [0, 0.05) is 18.8 Å². The van der Waals surface area contributed by atoms with Crippen molar-refractivity contribution in [3.63, 3.8) is 0 Å². The molecular weight excluding hydrogens is 262 g/mol. The van der Waals surface area contributed by atoms with Crippen molar-refractivity contribution in [3.8, 4) is 0 Å². The fourth-order valence-corrected chi connectivity index (χ4v) is 2.72. The van der Waals surface area contributed by atoms with E-state index >= 15 is 0 Å². The van der Waals surface area contributed by atoms with E-state index in [1.807, 2.05) is 0 Å². The van der Waals surface area contributed by atoms with Gasteiger partial charge < -0.3 is 9.73 Å². The minimum atomic E-state index is 0.644. The van der Waals surface area contributed by atoms with E-state index in [2.05, 4.69) is 53.3 Å². The number of nitrogens with one attached hydrogen (secondary N) is 1. The van der Waals surface area contributed by atoms with Crippen molar-refractivity contribution in [1.29, 1.82) is 0 Å². The van der Waals surface area contributed by atoms with Gasteiger partial charge in [0.1, 0.15) is 6.26 Å². The van der Waals surface area contributed by atoms with Crippen LogP contribution in [0.3, 0.4) is 0 Å². The maximum atomic E-state index is 5.69. The van der Waals surface area contributed by atoms with Crippen LogP contribution in [0.15, 0.2) is 34.9 Å². The smallest absolute Gasteiger partial charge is 0.302 e. The highest BCUT2D eigenvalue weighted by Gasteiger charge is 2.21. The fraction of sp³-hybridized carbons (Fsp3) is 0.471. The molecule has 1 aromatic carbocycles. The average Bonchev–Trinajstić information content (AvgIpc) is 2.95. The lowest BCUT2D eigenvalue weighted by atomic mass is 10.0. The highest BCUT2D eigenvalue weighted by molar-refractivity contribution is 5.62. The molecule has 1 aliphatic rings. The van der Waals surface area contributed by atoms with E-state index in [-0.39, 0.29) is 0 Å². The minimum absolute atomic E-state index is 0.644. The molecule has 0 radical (unpaired) electrons. The first-order chi connectivity index (χ1) is 10.2. The standard InChI is InChI=1S/C17H23N3O/c1-13(2)10-18-11-15-12-21-17(19-15)20-9-5-7-14-6-3-4-8-16(14)20/h3-4,6,8,12-13,18H,5,7,9-11H2,1-2H3. The molecule has 0 spiro atoms. The van der Waals surface area contributed by atoms with Crippen molar-refractivity contribution in [1.82, 2.24) is 10.3 Å². The lowest BCUT2D eigenvalue weighted by Gasteiger charge is -2.27. The highest BCUT2D eigenvalue weighted by Crippen LogP contribution is 2.32. The number of hydrogen-bond acceptors (Lipinski definition) is 4. The minimum Gasteiger partial charge on any atom is -0.431 e. The summed E-state index contributed by atoms with van der Waals surface area (Å²) in [5.41, 5.74) is 3.57. The molecule has 0 bridgehead atoms. The molecule has 0 unspecified atom stereocenters. The molecule has 112 valence electrons. The molecule has 3 rings (SSSR count). The van der Waals surface area contributed by atoms with Crippen molar-refractivity contribution in [3.05, 3.63) is 41.8 Å². The zero-order valence-electron chi connectivity index (χ0n) is 12.8. The van der Waals surface area contributed by atoms with E-state index in [0.717, 1.165) is 38.2 Å². The van der Waals surface area contributed by atoms with Gasteiger partial charge in [-0.25, -0.2) is 0 Å². The summed E-state index contributed by atoms with van der Waals surface area (Å²) in [5, 5.41) is 3.40. The number of para-hydroxylation sites is 1. The van der Waals surface area contributed by atoms with Gasteiger partial charge in [-0.2, -0.15) is 4.98 Å². The predicted molar refractivity (Wildman–Crippen MR) is 84.8 cm³/mol. The predicted octanol–water partition coefficient (Wildman–Crippen LogP) is 3.50. The van der Waals surface area contributed by atoms with E-state index < -0.39 is 0 Å². The highest BCUT2D eigenvalue weighted by atomic mass is 16.4. The second kappa shape index (κ2) is 6.31. The molecule has 2 heterocycles. The summed E-state index contributed by atoms with van der Waals surface area (Å²) in [5.74, 6) is 0.644. The van der Waals surface area contributed by atoms with Crippen LogP contribution in [-0.2, 0) is 13.0 Å². The van der Waals surface area contributed by atoms with Crippen LogP contribution in [-0.4, -0.2) is 18.1 Å². The molecule has 2 aromatic rings. The first-order valence-corrected chi connectivity index (χ1v) is 7.74. The lowest BCUT2D eigenvalue weighted by Crippen LogP contribution is -2.25. The van der Waals surface area contributed by atoms with Gasteiger partial charge in [0.15, 0.2) is 0 Å². The summed E-state index contributed by atoms with van der Waals surface area (Å²) in [7, 11) is 0. The van der Waals surface area contributed by atoms with Crippen LogP contribution >= 0.6 is 0 Å². The van der Waals surface area contributed by atoms with Crippen LogP contribution < -0.4 is 10.2 Å². The third-order valence-electron chi connectivity index (χ3n) is 3.74. The maximum Gasteiger partial charge on any atom is 0.302 e. The Morgan fingerprint density at radius 3 is 3.05 bits per heavy atom. The first-order valence-electron chi connectivity index (χ1n) is 7.74. The van der Waals surface area contributed by atoms with Crippen molar-refractivity contribution in [2.45, 2.75) is 33.2 Å². The summed E-state index contributed by atoms with van der Waals surface area (Å²) >= 11 is 0. The number of rotatable bonds is 5. The zero-order valence-corrected chi connectivity index (χ0v) is 12.8. The molecule has 4 heteroatoms. The number of anilines is 2. The Kier molecular flexibility index (Phi) is 4.25. The Morgan fingerprint density at radius 1 is 1.33 bits per heavy atom. The summed E-state index contributed by atoms with van der Waals surface area (Å²) in [6.45, 7) is 7.13. The Bertz CT molecular complexity index is 591. The molecule has 1 aromatic heterocycles. The van der Waals surface area contributed by atoms with Gasteiger partial charge in [-0.05, 0) is 36.9 Å². The second-order valence-corrected chi connectivity index (χ2v) is 6.03. The van der Waals surface area contributed by atoms with Crippen LogP contribution in [0.5, 0.6) is 0 Å². The quantitative estimate of drug-likeness (QED) is 0.913. The largest absolute Gasteiger partial charge is 0.431 e. The molecule has 4 nitrogen and oxygen atoms in total. The summed E-state index contributed by atoms with van der Waals surface area (Å²) < 4.78 is 5.69. The van der Waals surface area contributed by atoms with Gasteiger partial charge >= 0.3 is 6.01 Å². The maximum absolute atomic E-state index is 5.69. The Balaban J connectivity index is 1.72. The van der Waals surface area contributed by atoms with Crippen molar-refractivity contribution in [2.75, 3.05) is 18.0 Å². The van der Waals surface area contributed by atoms with Crippen LogP contribution in [0.4, 0.5) is 11.7 Å². The molecule has 0 atom stereocenters. The summed E-state index contributed by atoms with van der Waals surface area (Å²) in [6, 6.07) is 9.22. The first kappa shape index (κ1) is 14.1. The van der Waals surface area contributed by atoms with Gasteiger partial charge in [-0.1, -0.05) is 32.0 Å². The average molecular weight is 285 g/mol. The molecule has 1 N–H and O–H groups in total. The van der Waals surface area contributed by atoms with Crippen molar-refractivity contribution < 1.29 is 4.42 Å². The van der Waals surface area contributed by atoms with Crippen LogP contribution in [0.1, 0.15) is 31.5 Å². The lowest BCUT2D eigenvalue weighted by molar-refractivity contribution is 0.535. The molecule has 0 amide bonds. The Morgan fingerprint density at radius 2 is 2.19 bits per heavy atom. The Hall–Kier alpha value is -1.81. The van der Waals surface area contributed by atoms with E-state index in [1.54, 1.807) is 6.26 Å². The number of oxazole rings is 1. The van der Waals surface area contributed by atoms with E-state index in [4.69, 9.17) is 4.42 Å². The summed E-state index contributed by atoms with van der Waals surface area (Å²) in [6.07, 6.45) is 4.04. The normalized spacial score (nSPS) is 14.5. The summed E-state index contributed by atoms with van der Waals surface area (Å²) in [4.78, 5) is 6.81. The van der Waals surface area contributed by atoms with Gasteiger partial charge in [-0.3, -0.25) is 4.90 Å². The fourth-order valence-electron chi connectivity index (χ4n) is 2.72. The van der Waals surface area contributed by atoms with Crippen LogP contribution in [0.2, 0.25) is 0 Å². The van der Waals surface area contributed by atoms with E-state index in [0.29, 0.717) is 11.9 Å². The van der Waals surface area contributed by atoms with Gasteiger partial charge in [-0.15, -0.1) is 0 Å². The number of fused-ring (bicyclic) bond motifs is 1. The monoisotopic (exact) mass is 285 g/mol. The van der Waals surface area contributed by atoms with E-state index in [9.17, 15) is 0 Å². The number of nitrogens with zero attached hydrogens (tertiary/aromatic N) is 2. The molecule has 21 heavy (non-hydrogen) atoms. The van der Waals surface area contributed by atoms with Crippen molar-refractivity contribution >= 4 is 11.7 Å². The SMILES string of the molecule is CC(C)CNCc1coc(N2CCCc3ccccc32)n1. The van der Waals surface area contributed by atoms with Gasteiger partial charge in [0.25, 0.3) is 0 Å². The molecule has 0 saturated carbocycles. The van der Waals surface area contributed by atoms with E-state index in [1.165, 1.54) is 11.3 Å². The van der Waals surface area contributed by atoms with Gasteiger partial charge in [0.05, 0.1) is 5.69 Å². The van der Waals surface area contributed by atoms with Crippen LogP contribution in [0, 0.1) is 5.92 Å². The van der Waals surface area contributed by atoms with Crippen LogP contribution in [0.25, 0.3) is 0 Å². The molecule has 0 saturated heterocycles. The van der Waals surface area contributed by atoms with Crippen molar-refractivity contribution in [2.24, 2.45) is 5.92 Å². The topological polar surface area (TPSA) is 41.3 Å². The number of aryl methyl sites for hydroxylation is 1. The molecule has 0 fully saturated rings. The molecule has 1 aliphatic heterocycles. The molecule has 0 aliphatic carbocycles. The number of benzene rings is 1. The van der Waals surface area contributed by atoms with Gasteiger partial charge in [0.2, 0.25) is 0 Å². The number of hydrogen-bond donors (Lipinski definition) is 1. The number of aromatic nitrogens is 1.